The first-order valence-corrected chi connectivity index (χ1v) is 7.01. The van der Waals surface area contributed by atoms with Crippen molar-refractivity contribution in [2.45, 2.75) is 39.7 Å². The minimum absolute atomic E-state index is 0.318. The third-order valence-corrected chi connectivity index (χ3v) is 2.66. The number of hydrogen-bond donors (Lipinski definition) is 2. The molecule has 0 heterocycles. The van der Waals surface area contributed by atoms with Gasteiger partial charge in [0.15, 0.2) is 0 Å². The van der Waals surface area contributed by atoms with Gasteiger partial charge in [-0.3, -0.25) is 0 Å². The first kappa shape index (κ1) is 15.6. The predicted octanol–water partition coefficient (Wildman–Crippen LogP) is 3.28. The van der Waals surface area contributed by atoms with Crippen LogP contribution in [-0.4, -0.2) is 25.9 Å². The molecule has 0 atom stereocenters. The molecular weight excluding hydrogens is 240 g/mol. The van der Waals surface area contributed by atoms with Gasteiger partial charge in [-0.1, -0.05) is 0 Å². The van der Waals surface area contributed by atoms with Crippen LogP contribution in [0.5, 0.6) is 5.75 Å². The van der Waals surface area contributed by atoms with Gasteiger partial charge in [-0.05, 0) is 45.7 Å². The summed E-state index contributed by atoms with van der Waals surface area (Å²) in [4.78, 5) is 0. The van der Waals surface area contributed by atoms with Crippen LogP contribution in [0.4, 0.5) is 11.4 Å². The highest BCUT2D eigenvalue weighted by molar-refractivity contribution is 5.61. The number of nitrogens with two attached hydrogens (primary N) is 1. The van der Waals surface area contributed by atoms with Crippen molar-refractivity contribution in [3.63, 3.8) is 0 Å². The second kappa shape index (κ2) is 8.64. The van der Waals surface area contributed by atoms with E-state index in [2.05, 4.69) is 19.2 Å². The van der Waals surface area contributed by atoms with E-state index in [-0.39, 0.29) is 0 Å². The normalized spacial score (nSPS) is 10.7. The molecule has 19 heavy (non-hydrogen) atoms. The van der Waals surface area contributed by atoms with E-state index in [0.717, 1.165) is 37.4 Å². The number of anilines is 2. The average Bonchev–Trinajstić information content (AvgIpc) is 2.37. The van der Waals surface area contributed by atoms with Gasteiger partial charge in [0.2, 0.25) is 0 Å². The summed E-state index contributed by atoms with van der Waals surface area (Å²) in [7, 11) is 0. The van der Waals surface area contributed by atoms with Crippen LogP contribution in [0, 0.1) is 0 Å². The predicted molar refractivity (Wildman–Crippen MR) is 80.8 cm³/mol. The summed E-state index contributed by atoms with van der Waals surface area (Å²) in [5.74, 6) is 0.746. The van der Waals surface area contributed by atoms with Crippen molar-refractivity contribution in [2.24, 2.45) is 0 Å². The van der Waals surface area contributed by atoms with Gasteiger partial charge in [-0.2, -0.15) is 0 Å². The van der Waals surface area contributed by atoms with Crippen molar-refractivity contribution >= 4 is 11.4 Å². The van der Waals surface area contributed by atoms with Gasteiger partial charge >= 0.3 is 0 Å². The number of nitrogen functional groups attached to an aromatic ring is 1. The van der Waals surface area contributed by atoms with Crippen molar-refractivity contribution in [3.8, 4) is 5.75 Å². The molecule has 4 heteroatoms. The Bertz CT molecular complexity index is 367. The Hall–Kier alpha value is -1.42. The van der Waals surface area contributed by atoms with E-state index in [4.69, 9.17) is 15.2 Å². The fraction of sp³-hybridized carbons (Fsp3) is 0.600. The second-order valence-corrected chi connectivity index (χ2v) is 4.74. The SMILES string of the molecule is CCOc1cc(NCCCCOC(C)C)ccc1N. The van der Waals surface area contributed by atoms with Crippen LogP contribution in [0.15, 0.2) is 18.2 Å². The summed E-state index contributed by atoms with van der Waals surface area (Å²) < 4.78 is 11.0. The van der Waals surface area contributed by atoms with E-state index in [1.807, 2.05) is 25.1 Å². The molecule has 0 fully saturated rings. The lowest BCUT2D eigenvalue weighted by Gasteiger charge is -2.11. The molecule has 0 aromatic heterocycles. The van der Waals surface area contributed by atoms with Crippen LogP contribution >= 0.6 is 0 Å². The molecule has 0 aliphatic carbocycles. The summed E-state index contributed by atoms with van der Waals surface area (Å²) in [6.07, 6.45) is 2.47. The van der Waals surface area contributed by atoms with Crippen LogP contribution in [0.25, 0.3) is 0 Å². The third-order valence-electron chi connectivity index (χ3n) is 2.66. The van der Waals surface area contributed by atoms with Crippen molar-refractivity contribution in [1.29, 1.82) is 0 Å². The summed E-state index contributed by atoms with van der Waals surface area (Å²) in [5.41, 5.74) is 7.55. The summed E-state index contributed by atoms with van der Waals surface area (Å²) >= 11 is 0. The maximum absolute atomic E-state index is 5.83. The standard InChI is InChI=1S/C15H26N2O2/c1-4-18-15-11-13(7-8-14(15)16)17-9-5-6-10-19-12(2)3/h7-8,11-12,17H,4-6,9-10,16H2,1-3H3. The lowest BCUT2D eigenvalue weighted by Crippen LogP contribution is -2.07. The minimum Gasteiger partial charge on any atom is -0.492 e. The number of ether oxygens (including phenoxy) is 2. The van der Waals surface area contributed by atoms with Gasteiger partial charge in [-0.15, -0.1) is 0 Å². The smallest absolute Gasteiger partial charge is 0.144 e. The Morgan fingerprint density at radius 3 is 2.74 bits per heavy atom. The highest BCUT2D eigenvalue weighted by Gasteiger charge is 2.01. The molecule has 1 aromatic carbocycles. The third kappa shape index (κ3) is 6.34. The molecule has 1 rings (SSSR count). The van der Waals surface area contributed by atoms with Gasteiger partial charge in [0.1, 0.15) is 5.75 Å². The molecule has 0 spiro atoms. The highest BCUT2D eigenvalue weighted by atomic mass is 16.5. The van der Waals surface area contributed by atoms with Gasteiger partial charge in [0, 0.05) is 24.9 Å². The zero-order valence-corrected chi connectivity index (χ0v) is 12.2. The minimum atomic E-state index is 0.318. The Labute approximate surface area is 116 Å². The lowest BCUT2D eigenvalue weighted by atomic mass is 10.2. The molecule has 0 bridgehead atoms. The van der Waals surface area contributed by atoms with Crippen molar-refractivity contribution < 1.29 is 9.47 Å². The highest BCUT2D eigenvalue weighted by Crippen LogP contribution is 2.25. The lowest BCUT2D eigenvalue weighted by molar-refractivity contribution is 0.0765. The van der Waals surface area contributed by atoms with Gasteiger partial charge < -0.3 is 20.5 Å². The first-order chi connectivity index (χ1) is 9.13. The quantitative estimate of drug-likeness (QED) is 0.532. The molecular formula is C15H26N2O2. The van der Waals surface area contributed by atoms with Crippen molar-refractivity contribution in [3.05, 3.63) is 18.2 Å². The number of benzene rings is 1. The number of nitrogens with one attached hydrogen (secondary N) is 1. The van der Waals surface area contributed by atoms with E-state index in [9.17, 15) is 0 Å². The fourth-order valence-corrected chi connectivity index (χ4v) is 1.70. The molecule has 0 unspecified atom stereocenters. The van der Waals surface area contributed by atoms with Gasteiger partial charge in [-0.25, -0.2) is 0 Å². The second-order valence-electron chi connectivity index (χ2n) is 4.74. The molecule has 3 N–H and O–H groups in total. The van der Waals surface area contributed by atoms with Crippen LogP contribution in [0.3, 0.4) is 0 Å². The van der Waals surface area contributed by atoms with Crippen molar-refractivity contribution in [1.82, 2.24) is 0 Å². The summed E-state index contributed by atoms with van der Waals surface area (Å²) in [5, 5.41) is 3.37. The van der Waals surface area contributed by atoms with Gasteiger partial charge in [0.25, 0.3) is 0 Å². The van der Waals surface area contributed by atoms with E-state index >= 15 is 0 Å². The Morgan fingerprint density at radius 1 is 1.26 bits per heavy atom. The van der Waals surface area contributed by atoms with E-state index in [1.165, 1.54) is 0 Å². The summed E-state index contributed by atoms with van der Waals surface area (Å²) in [6, 6.07) is 5.79. The fourth-order valence-electron chi connectivity index (χ4n) is 1.70. The Kier molecular flexibility index (Phi) is 7.11. The maximum Gasteiger partial charge on any atom is 0.144 e. The number of unbranched alkanes of at least 4 members (excludes halogenated alkanes) is 1. The van der Waals surface area contributed by atoms with E-state index in [0.29, 0.717) is 18.4 Å². The molecule has 0 radical (unpaired) electrons. The molecule has 0 saturated heterocycles. The van der Waals surface area contributed by atoms with Crippen LogP contribution < -0.4 is 15.8 Å². The molecule has 0 amide bonds. The zero-order chi connectivity index (χ0) is 14.1. The Morgan fingerprint density at radius 2 is 2.05 bits per heavy atom. The largest absolute Gasteiger partial charge is 0.492 e. The first-order valence-electron chi connectivity index (χ1n) is 7.01. The van der Waals surface area contributed by atoms with Crippen LogP contribution in [0.1, 0.15) is 33.6 Å². The molecule has 0 aliphatic rings. The van der Waals surface area contributed by atoms with Gasteiger partial charge in [0.05, 0.1) is 18.4 Å². The van der Waals surface area contributed by atoms with Crippen LogP contribution in [0.2, 0.25) is 0 Å². The molecule has 108 valence electrons. The van der Waals surface area contributed by atoms with Crippen LogP contribution in [-0.2, 0) is 4.74 Å². The monoisotopic (exact) mass is 266 g/mol. The molecule has 4 nitrogen and oxygen atoms in total. The summed E-state index contributed by atoms with van der Waals surface area (Å²) in [6.45, 7) is 8.44. The number of rotatable bonds is 9. The zero-order valence-electron chi connectivity index (χ0n) is 12.2. The maximum atomic E-state index is 5.83. The molecule has 1 aromatic rings. The van der Waals surface area contributed by atoms with Crippen molar-refractivity contribution in [2.75, 3.05) is 30.8 Å². The topological polar surface area (TPSA) is 56.5 Å². The molecule has 0 saturated carbocycles. The van der Waals surface area contributed by atoms with E-state index < -0.39 is 0 Å². The molecule has 0 aliphatic heterocycles. The number of hydrogen-bond acceptors (Lipinski definition) is 4. The average molecular weight is 266 g/mol. The Balaban J connectivity index is 2.27. The van der Waals surface area contributed by atoms with E-state index in [1.54, 1.807) is 0 Å².